The van der Waals surface area contributed by atoms with E-state index in [0.29, 0.717) is 10.6 Å². The fraction of sp³-hybridized carbons (Fsp3) is 0.143. The van der Waals surface area contributed by atoms with Gasteiger partial charge >= 0.3 is 0 Å². The summed E-state index contributed by atoms with van der Waals surface area (Å²) in [5.74, 6) is 1.26. The summed E-state index contributed by atoms with van der Waals surface area (Å²) in [4.78, 5) is 11.8. The summed E-state index contributed by atoms with van der Waals surface area (Å²) >= 11 is 5.81. The van der Waals surface area contributed by atoms with Gasteiger partial charge in [0.1, 0.15) is 11.5 Å². The van der Waals surface area contributed by atoms with Gasteiger partial charge in [0.25, 0.3) is 5.91 Å². The lowest BCUT2D eigenvalue weighted by Gasteiger charge is -1.99. The summed E-state index contributed by atoms with van der Waals surface area (Å²) < 4.78 is 5.35. The van der Waals surface area contributed by atoms with Crippen molar-refractivity contribution in [1.82, 2.24) is 5.43 Å². The van der Waals surface area contributed by atoms with Gasteiger partial charge in [-0.2, -0.15) is 5.10 Å². The number of carbonyl (C=O) groups is 1. The Bertz CT molecular complexity index is 632. The number of hydrazone groups is 1. The van der Waals surface area contributed by atoms with E-state index in [0.717, 1.165) is 17.1 Å². The lowest BCUT2D eigenvalue weighted by molar-refractivity contribution is 0.0955. The van der Waals surface area contributed by atoms with Crippen LogP contribution in [-0.4, -0.2) is 12.1 Å². The third-order valence-electron chi connectivity index (χ3n) is 2.54. The molecule has 0 aliphatic carbocycles. The minimum Gasteiger partial charge on any atom is -0.466 e. The van der Waals surface area contributed by atoms with Crippen LogP contribution in [0.15, 0.2) is 39.9 Å². The standard InChI is InChI=1S/C14H13ClN2O2/c1-9-6-12(10(2)19-9)8-16-17-14(18)11-4-3-5-13(15)7-11/h3-8H,1-2H3,(H,17,18)/b16-8+. The number of amides is 1. The highest BCUT2D eigenvalue weighted by Gasteiger charge is 2.05. The zero-order valence-corrected chi connectivity index (χ0v) is 11.4. The average molecular weight is 277 g/mol. The molecule has 0 spiro atoms. The molecule has 19 heavy (non-hydrogen) atoms. The summed E-state index contributed by atoms with van der Waals surface area (Å²) in [6, 6.07) is 8.53. The molecule has 0 unspecified atom stereocenters. The molecule has 5 heteroatoms. The Morgan fingerprint density at radius 3 is 2.79 bits per heavy atom. The predicted octanol–water partition coefficient (Wildman–Crippen LogP) is 3.31. The van der Waals surface area contributed by atoms with E-state index in [9.17, 15) is 4.79 Å². The number of benzene rings is 1. The fourth-order valence-electron chi connectivity index (χ4n) is 1.63. The maximum absolute atomic E-state index is 11.8. The molecule has 0 aliphatic heterocycles. The second-order valence-electron chi connectivity index (χ2n) is 4.08. The first-order valence-electron chi connectivity index (χ1n) is 5.72. The molecule has 1 N–H and O–H groups in total. The number of hydrogen-bond acceptors (Lipinski definition) is 3. The predicted molar refractivity (Wildman–Crippen MR) is 74.7 cm³/mol. The van der Waals surface area contributed by atoms with Crippen molar-refractivity contribution in [3.63, 3.8) is 0 Å². The molecule has 0 atom stereocenters. The number of carbonyl (C=O) groups excluding carboxylic acids is 1. The van der Waals surface area contributed by atoms with Crippen LogP contribution in [0.3, 0.4) is 0 Å². The van der Waals surface area contributed by atoms with Crippen molar-refractivity contribution in [2.24, 2.45) is 5.10 Å². The molecule has 0 saturated carbocycles. The van der Waals surface area contributed by atoms with Gasteiger partial charge in [-0.15, -0.1) is 0 Å². The second kappa shape index (κ2) is 5.71. The molecule has 2 aromatic rings. The first-order chi connectivity index (χ1) is 9.06. The third kappa shape index (κ3) is 3.45. The number of rotatable bonds is 3. The van der Waals surface area contributed by atoms with Crippen molar-refractivity contribution in [1.29, 1.82) is 0 Å². The normalized spacial score (nSPS) is 10.9. The lowest BCUT2D eigenvalue weighted by Crippen LogP contribution is -2.17. The van der Waals surface area contributed by atoms with Crippen LogP contribution < -0.4 is 5.43 Å². The van der Waals surface area contributed by atoms with Crippen molar-refractivity contribution in [3.8, 4) is 0 Å². The molecule has 0 bridgehead atoms. The van der Waals surface area contributed by atoms with E-state index < -0.39 is 0 Å². The molecule has 0 aliphatic rings. The Morgan fingerprint density at radius 2 is 2.16 bits per heavy atom. The molecule has 1 amide bonds. The van der Waals surface area contributed by atoms with Gasteiger partial charge in [0.15, 0.2) is 0 Å². The number of nitrogens with one attached hydrogen (secondary N) is 1. The van der Waals surface area contributed by atoms with Crippen LogP contribution in [0, 0.1) is 13.8 Å². The smallest absolute Gasteiger partial charge is 0.271 e. The van der Waals surface area contributed by atoms with Crippen LogP contribution >= 0.6 is 11.6 Å². The van der Waals surface area contributed by atoms with E-state index in [2.05, 4.69) is 10.5 Å². The van der Waals surface area contributed by atoms with Gasteiger partial charge in [0.2, 0.25) is 0 Å². The monoisotopic (exact) mass is 276 g/mol. The van der Waals surface area contributed by atoms with Gasteiger partial charge in [-0.05, 0) is 38.1 Å². The number of nitrogens with zero attached hydrogens (tertiary/aromatic N) is 1. The lowest BCUT2D eigenvalue weighted by atomic mass is 10.2. The van der Waals surface area contributed by atoms with E-state index in [1.165, 1.54) is 0 Å². The van der Waals surface area contributed by atoms with E-state index in [4.69, 9.17) is 16.0 Å². The van der Waals surface area contributed by atoms with Gasteiger partial charge in [-0.3, -0.25) is 4.79 Å². The van der Waals surface area contributed by atoms with Crippen molar-refractivity contribution in [2.45, 2.75) is 13.8 Å². The number of aryl methyl sites for hydroxylation is 2. The highest BCUT2D eigenvalue weighted by Crippen LogP contribution is 2.12. The maximum atomic E-state index is 11.8. The topological polar surface area (TPSA) is 54.6 Å². The molecule has 2 rings (SSSR count). The molecule has 1 heterocycles. The first kappa shape index (κ1) is 13.4. The fourth-order valence-corrected chi connectivity index (χ4v) is 1.82. The Hall–Kier alpha value is -2.07. The van der Waals surface area contributed by atoms with Gasteiger partial charge in [-0.25, -0.2) is 5.43 Å². The van der Waals surface area contributed by atoms with E-state index in [1.54, 1.807) is 30.5 Å². The average Bonchev–Trinajstić information content (AvgIpc) is 2.68. The van der Waals surface area contributed by atoms with Crippen molar-refractivity contribution in [3.05, 3.63) is 58.0 Å². The van der Waals surface area contributed by atoms with Gasteiger partial charge in [0, 0.05) is 16.1 Å². The Balaban J connectivity index is 2.03. The third-order valence-corrected chi connectivity index (χ3v) is 2.77. The van der Waals surface area contributed by atoms with Crippen LogP contribution in [0.5, 0.6) is 0 Å². The highest BCUT2D eigenvalue weighted by molar-refractivity contribution is 6.30. The molecule has 1 aromatic heterocycles. The number of halogens is 1. The van der Waals surface area contributed by atoms with E-state index >= 15 is 0 Å². The first-order valence-corrected chi connectivity index (χ1v) is 6.10. The Labute approximate surface area is 116 Å². The number of furan rings is 1. The minimum absolute atomic E-state index is 0.309. The van der Waals surface area contributed by atoms with E-state index in [1.807, 2.05) is 19.9 Å². The minimum atomic E-state index is -0.309. The summed E-state index contributed by atoms with van der Waals surface area (Å²) in [5, 5.41) is 4.41. The van der Waals surface area contributed by atoms with Gasteiger partial charge < -0.3 is 4.42 Å². The molecule has 0 fully saturated rings. The second-order valence-corrected chi connectivity index (χ2v) is 4.51. The van der Waals surface area contributed by atoms with Crippen molar-refractivity contribution < 1.29 is 9.21 Å². The zero-order chi connectivity index (χ0) is 13.8. The SMILES string of the molecule is Cc1cc(/C=N/NC(=O)c2cccc(Cl)c2)c(C)o1. The Kier molecular flexibility index (Phi) is 4.02. The van der Waals surface area contributed by atoms with Crippen LogP contribution in [0.2, 0.25) is 5.02 Å². The molecule has 0 radical (unpaired) electrons. The van der Waals surface area contributed by atoms with Crippen LogP contribution in [0.25, 0.3) is 0 Å². The van der Waals surface area contributed by atoms with Gasteiger partial charge in [-0.1, -0.05) is 17.7 Å². The van der Waals surface area contributed by atoms with Gasteiger partial charge in [0.05, 0.1) is 6.21 Å². The van der Waals surface area contributed by atoms with E-state index in [-0.39, 0.29) is 5.91 Å². The summed E-state index contributed by atoms with van der Waals surface area (Å²) in [5.41, 5.74) is 3.74. The highest BCUT2D eigenvalue weighted by atomic mass is 35.5. The summed E-state index contributed by atoms with van der Waals surface area (Å²) in [7, 11) is 0. The summed E-state index contributed by atoms with van der Waals surface area (Å²) in [6.07, 6.45) is 1.55. The van der Waals surface area contributed by atoms with Crippen molar-refractivity contribution in [2.75, 3.05) is 0 Å². The van der Waals surface area contributed by atoms with Crippen LogP contribution in [-0.2, 0) is 0 Å². The molecule has 4 nitrogen and oxygen atoms in total. The molecular weight excluding hydrogens is 264 g/mol. The zero-order valence-electron chi connectivity index (χ0n) is 10.6. The van der Waals surface area contributed by atoms with Crippen LogP contribution in [0.4, 0.5) is 0 Å². The van der Waals surface area contributed by atoms with Crippen LogP contribution in [0.1, 0.15) is 27.4 Å². The molecule has 0 saturated heterocycles. The number of hydrogen-bond donors (Lipinski definition) is 1. The summed E-state index contributed by atoms with van der Waals surface area (Å²) in [6.45, 7) is 3.70. The molecular formula is C14H13ClN2O2. The quantitative estimate of drug-likeness (QED) is 0.691. The maximum Gasteiger partial charge on any atom is 0.271 e. The largest absolute Gasteiger partial charge is 0.466 e. The molecule has 98 valence electrons. The molecule has 1 aromatic carbocycles. The Morgan fingerprint density at radius 1 is 1.37 bits per heavy atom. The van der Waals surface area contributed by atoms with Crippen molar-refractivity contribution >= 4 is 23.7 Å².